The molecule has 0 radical (unpaired) electrons. The van der Waals surface area contributed by atoms with Crippen LogP contribution in [0.1, 0.15) is 74.1 Å². The molecule has 0 aromatic carbocycles. The van der Waals surface area contributed by atoms with Crippen LogP contribution in [0.3, 0.4) is 0 Å². The number of amides is 1. The summed E-state index contributed by atoms with van der Waals surface area (Å²) in [6.45, 7) is 9.28. The van der Waals surface area contributed by atoms with Gasteiger partial charge in [-0.25, -0.2) is 14.8 Å². The Bertz CT molecular complexity index is 1400. The van der Waals surface area contributed by atoms with E-state index in [0.29, 0.717) is 48.4 Å². The van der Waals surface area contributed by atoms with E-state index >= 15 is 0 Å². The average Bonchev–Trinajstić information content (AvgIpc) is 3.44. The van der Waals surface area contributed by atoms with Crippen molar-refractivity contribution in [2.24, 2.45) is 0 Å². The molecule has 0 bridgehead atoms. The number of piperidine rings is 1. The Labute approximate surface area is 221 Å². The molecule has 2 fully saturated rings. The zero-order valence-corrected chi connectivity index (χ0v) is 21.9. The number of nitrogens with zero attached hydrogens (tertiary/aromatic N) is 5. The number of hydrogen-bond donors (Lipinski definition) is 2. The van der Waals surface area contributed by atoms with Crippen LogP contribution in [0.5, 0.6) is 0 Å². The molecule has 2 aliphatic rings. The third kappa shape index (κ3) is 4.94. The molecule has 1 saturated heterocycles. The van der Waals surface area contributed by atoms with E-state index in [9.17, 15) is 14.7 Å². The molecule has 38 heavy (non-hydrogen) atoms. The number of ether oxygens (including phenoxy) is 1. The van der Waals surface area contributed by atoms with Gasteiger partial charge in [0.05, 0.1) is 12.2 Å². The fourth-order valence-corrected chi connectivity index (χ4v) is 5.71. The minimum absolute atomic E-state index is 0.0754. The van der Waals surface area contributed by atoms with Crippen LogP contribution in [-0.2, 0) is 4.74 Å². The Hall–Kier alpha value is -3.95. The average molecular weight is 519 g/mol. The molecule has 4 heterocycles. The topological polar surface area (TPSA) is 122 Å². The number of fused-ring (bicyclic) bond motifs is 1. The van der Waals surface area contributed by atoms with Gasteiger partial charge < -0.3 is 20.1 Å². The molecule has 0 unspecified atom stereocenters. The van der Waals surface area contributed by atoms with E-state index in [2.05, 4.69) is 21.9 Å². The first-order chi connectivity index (χ1) is 18.4. The standard InChI is InChI=1S/C28H34N6O4/c1-4-38-18(3)24-17(2)22-16-30-27(32-25(22)34(26(24)35)21-7-5-6-8-21)31-23-10-9-20(15-29-23)19-11-13-33(14-12-19)28(36)37/h9-10,15-16,19,21H,3-8,11-14H2,1-2H3,(H,36,37)(H,29,30,31,32). The highest BCUT2D eigenvalue weighted by Crippen LogP contribution is 2.33. The van der Waals surface area contributed by atoms with Gasteiger partial charge in [0.15, 0.2) is 0 Å². The Kier molecular flexibility index (Phi) is 7.31. The summed E-state index contributed by atoms with van der Waals surface area (Å²) >= 11 is 0. The normalized spacial score (nSPS) is 16.6. The van der Waals surface area contributed by atoms with Crippen molar-refractivity contribution in [2.45, 2.75) is 64.3 Å². The van der Waals surface area contributed by atoms with Gasteiger partial charge in [-0.3, -0.25) is 9.36 Å². The molecule has 0 spiro atoms. The van der Waals surface area contributed by atoms with E-state index in [1.807, 2.05) is 36.7 Å². The lowest BCUT2D eigenvalue weighted by Gasteiger charge is -2.30. The highest BCUT2D eigenvalue weighted by atomic mass is 16.5. The van der Waals surface area contributed by atoms with Gasteiger partial charge in [0.2, 0.25) is 5.95 Å². The van der Waals surface area contributed by atoms with Crippen molar-refractivity contribution < 1.29 is 14.6 Å². The molecule has 0 atom stereocenters. The van der Waals surface area contributed by atoms with Crippen molar-refractivity contribution in [2.75, 3.05) is 25.0 Å². The molecule has 1 aliphatic heterocycles. The van der Waals surface area contributed by atoms with Crippen molar-refractivity contribution in [1.29, 1.82) is 0 Å². The number of aromatic nitrogens is 4. The molecule has 2 N–H and O–H groups in total. The summed E-state index contributed by atoms with van der Waals surface area (Å²) in [6.07, 6.45) is 8.30. The number of aryl methyl sites for hydroxylation is 1. The summed E-state index contributed by atoms with van der Waals surface area (Å²) in [4.78, 5) is 40.2. The van der Waals surface area contributed by atoms with E-state index in [4.69, 9.17) is 9.72 Å². The van der Waals surface area contributed by atoms with Gasteiger partial charge in [0.1, 0.15) is 17.2 Å². The SMILES string of the molecule is C=C(OCC)c1c(C)c2cnc(Nc3ccc(C4CCN(C(=O)O)CC4)cn3)nc2n(C2CCCC2)c1=O. The van der Waals surface area contributed by atoms with E-state index in [0.717, 1.165) is 55.0 Å². The maximum absolute atomic E-state index is 13.7. The summed E-state index contributed by atoms with van der Waals surface area (Å²) in [5.41, 5.74) is 2.82. The van der Waals surface area contributed by atoms with Crippen LogP contribution in [0.2, 0.25) is 0 Å². The van der Waals surface area contributed by atoms with Crippen molar-refractivity contribution in [3.63, 3.8) is 0 Å². The second kappa shape index (κ2) is 10.8. The van der Waals surface area contributed by atoms with E-state index < -0.39 is 6.09 Å². The Morgan fingerprint density at radius 1 is 1.16 bits per heavy atom. The molecule has 3 aromatic heterocycles. The molecular formula is C28H34N6O4. The monoisotopic (exact) mass is 518 g/mol. The van der Waals surface area contributed by atoms with Gasteiger partial charge in [-0.15, -0.1) is 0 Å². The lowest BCUT2D eigenvalue weighted by molar-refractivity contribution is 0.132. The third-order valence-corrected chi connectivity index (χ3v) is 7.76. The van der Waals surface area contributed by atoms with Gasteiger partial charge in [0, 0.05) is 36.9 Å². The number of hydrogen-bond acceptors (Lipinski definition) is 7. The molecule has 1 aliphatic carbocycles. The third-order valence-electron chi connectivity index (χ3n) is 7.76. The molecule has 10 nitrogen and oxygen atoms in total. The van der Waals surface area contributed by atoms with Crippen molar-refractivity contribution in [3.8, 4) is 0 Å². The zero-order chi connectivity index (χ0) is 26.8. The van der Waals surface area contributed by atoms with E-state index in [-0.39, 0.29) is 17.5 Å². The number of anilines is 2. The molecule has 200 valence electrons. The number of likely N-dealkylation sites (tertiary alicyclic amines) is 1. The van der Waals surface area contributed by atoms with Gasteiger partial charge in [-0.05, 0) is 62.6 Å². The summed E-state index contributed by atoms with van der Waals surface area (Å²) in [5, 5.41) is 13.2. The predicted octanol–water partition coefficient (Wildman–Crippen LogP) is 5.22. The van der Waals surface area contributed by atoms with Crippen LogP contribution in [0.15, 0.2) is 35.9 Å². The first kappa shape index (κ1) is 25.7. The van der Waals surface area contributed by atoms with Crippen LogP contribution < -0.4 is 10.9 Å². The smallest absolute Gasteiger partial charge is 0.407 e. The summed E-state index contributed by atoms with van der Waals surface area (Å²) < 4.78 is 7.44. The number of nitrogens with one attached hydrogen (secondary N) is 1. The molecular weight excluding hydrogens is 484 g/mol. The fourth-order valence-electron chi connectivity index (χ4n) is 5.71. The largest absolute Gasteiger partial charge is 0.494 e. The van der Waals surface area contributed by atoms with Crippen LogP contribution in [0.25, 0.3) is 16.8 Å². The van der Waals surface area contributed by atoms with Crippen LogP contribution in [0.4, 0.5) is 16.6 Å². The van der Waals surface area contributed by atoms with Crippen molar-refractivity contribution >= 4 is 34.7 Å². The minimum atomic E-state index is -0.861. The number of pyridine rings is 2. The molecule has 3 aromatic rings. The minimum Gasteiger partial charge on any atom is -0.494 e. The predicted molar refractivity (Wildman–Crippen MR) is 146 cm³/mol. The van der Waals surface area contributed by atoms with Gasteiger partial charge in [-0.2, -0.15) is 4.98 Å². The van der Waals surface area contributed by atoms with Gasteiger partial charge in [-0.1, -0.05) is 25.5 Å². The van der Waals surface area contributed by atoms with Crippen molar-refractivity contribution in [3.05, 3.63) is 58.1 Å². The lowest BCUT2D eigenvalue weighted by Crippen LogP contribution is -2.36. The second-order valence-electron chi connectivity index (χ2n) is 10.0. The zero-order valence-electron chi connectivity index (χ0n) is 21.9. The highest BCUT2D eigenvalue weighted by Gasteiger charge is 2.26. The van der Waals surface area contributed by atoms with Crippen LogP contribution in [-0.4, -0.2) is 55.3 Å². The second-order valence-corrected chi connectivity index (χ2v) is 10.0. The number of carboxylic acid groups (broad SMARTS) is 1. The Morgan fingerprint density at radius 2 is 1.89 bits per heavy atom. The van der Waals surface area contributed by atoms with Crippen molar-refractivity contribution in [1.82, 2.24) is 24.4 Å². The first-order valence-electron chi connectivity index (χ1n) is 13.3. The number of rotatable bonds is 7. The van der Waals surface area contributed by atoms with E-state index in [1.165, 1.54) is 4.90 Å². The molecule has 5 rings (SSSR count). The summed E-state index contributed by atoms with van der Waals surface area (Å²) in [7, 11) is 0. The maximum atomic E-state index is 13.7. The van der Waals surface area contributed by atoms with Crippen LogP contribution >= 0.6 is 0 Å². The quantitative estimate of drug-likeness (QED) is 0.408. The fraction of sp³-hybridized carbons (Fsp3) is 0.464. The first-order valence-corrected chi connectivity index (χ1v) is 13.3. The lowest BCUT2D eigenvalue weighted by atomic mass is 9.91. The van der Waals surface area contributed by atoms with Gasteiger partial charge >= 0.3 is 6.09 Å². The van der Waals surface area contributed by atoms with E-state index in [1.54, 1.807) is 6.20 Å². The highest BCUT2D eigenvalue weighted by molar-refractivity contribution is 5.84. The number of carbonyl (C=O) groups is 1. The Balaban J connectivity index is 1.43. The molecule has 1 saturated carbocycles. The van der Waals surface area contributed by atoms with Gasteiger partial charge in [0.25, 0.3) is 5.56 Å². The summed E-state index contributed by atoms with van der Waals surface area (Å²) in [5.74, 6) is 1.63. The van der Waals surface area contributed by atoms with Crippen LogP contribution in [0, 0.1) is 6.92 Å². The maximum Gasteiger partial charge on any atom is 0.407 e. The Morgan fingerprint density at radius 3 is 2.53 bits per heavy atom. The summed E-state index contributed by atoms with van der Waals surface area (Å²) in [6, 6.07) is 3.98. The molecule has 1 amide bonds. The molecule has 10 heteroatoms.